The van der Waals surface area contributed by atoms with Crippen LogP contribution in [0.1, 0.15) is 35.7 Å². The molecule has 1 aliphatic rings. The summed E-state index contributed by atoms with van der Waals surface area (Å²) in [4.78, 5) is 25.6. The van der Waals surface area contributed by atoms with Gasteiger partial charge < -0.3 is 10.1 Å². The molecule has 1 aromatic heterocycles. The van der Waals surface area contributed by atoms with Crippen molar-refractivity contribution >= 4 is 5.91 Å². The average molecular weight is 410 g/mol. The fraction of sp³-hybridized carbons (Fsp3) is 0.318. The molecule has 0 radical (unpaired) electrons. The Hall–Kier alpha value is -3.42. The van der Waals surface area contributed by atoms with Crippen LogP contribution in [0.4, 0.5) is 4.39 Å². The third kappa shape index (κ3) is 3.98. The lowest BCUT2D eigenvalue weighted by molar-refractivity contribution is -0.123. The second-order valence-corrected chi connectivity index (χ2v) is 7.30. The quantitative estimate of drug-likeness (QED) is 0.677. The van der Waals surface area contributed by atoms with Crippen molar-refractivity contribution in [2.24, 2.45) is 0 Å². The van der Waals surface area contributed by atoms with Gasteiger partial charge in [0.1, 0.15) is 17.4 Å². The zero-order valence-electron chi connectivity index (χ0n) is 16.7. The van der Waals surface area contributed by atoms with E-state index in [1.54, 1.807) is 23.8 Å². The van der Waals surface area contributed by atoms with Crippen molar-refractivity contribution in [3.63, 3.8) is 0 Å². The van der Waals surface area contributed by atoms with Crippen LogP contribution < -0.4 is 15.7 Å². The number of nitrogens with zero attached hydrogens (tertiary/aromatic N) is 3. The number of ether oxygens (including phenoxy) is 1. The van der Waals surface area contributed by atoms with Crippen LogP contribution in [0.15, 0.2) is 53.3 Å². The van der Waals surface area contributed by atoms with Crippen molar-refractivity contribution in [1.82, 2.24) is 19.7 Å². The van der Waals surface area contributed by atoms with Crippen LogP contribution in [0.3, 0.4) is 0 Å². The zero-order chi connectivity index (χ0) is 21.1. The number of aromatic nitrogens is 3. The summed E-state index contributed by atoms with van der Waals surface area (Å²) in [6.07, 6.45) is 1.33. The highest BCUT2D eigenvalue weighted by atomic mass is 19.1. The maximum Gasteiger partial charge on any atom is 0.346 e. The number of hydrogen-bond donors (Lipinski definition) is 1. The van der Waals surface area contributed by atoms with E-state index in [0.29, 0.717) is 43.1 Å². The van der Waals surface area contributed by atoms with E-state index in [1.165, 1.54) is 16.8 Å². The van der Waals surface area contributed by atoms with Crippen molar-refractivity contribution in [2.75, 3.05) is 7.11 Å². The van der Waals surface area contributed by atoms with E-state index in [9.17, 15) is 14.0 Å². The van der Waals surface area contributed by atoms with Crippen LogP contribution in [0.25, 0.3) is 0 Å². The van der Waals surface area contributed by atoms with Gasteiger partial charge >= 0.3 is 5.69 Å². The van der Waals surface area contributed by atoms with Crippen molar-refractivity contribution < 1.29 is 13.9 Å². The number of amides is 1. The maximum absolute atomic E-state index is 13.5. The first-order chi connectivity index (χ1) is 14.6. The number of fused-ring (bicyclic) bond motifs is 1. The number of para-hydroxylation sites is 1. The van der Waals surface area contributed by atoms with Gasteiger partial charge in [0.2, 0.25) is 5.91 Å². The van der Waals surface area contributed by atoms with E-state index in [4.69, 9.17) is 4.74 Å². The Morgan fingerprint density at radius 2 is 2.10 bits per heavy atom. The van der Waals surface area contributed by atoms with Gasteiger partial charge in [-0.1, -0.05) is 30.3 Å². The third-order valence-electron chi connectivity index (χ3n) is 5.32. The molecular weight excluding hydrogens is 387 g/mol. The highest BCUT2D eigenvalue weighted by Gasteiger charge is 2.31. The highest BCUT2D eigenvalue weighted by molar-refractivity contribution is 5.82. The van der Waals surface area contributed by atoms with Crippen LogP contribution >= 0.6 is 0 Å². The van der Waals surface area contributed by atoms with Gasteiger partial charge in [-0.25, -0.2) is 13.9 Å². The van der Waals surface area contributed by atoms with Gasteiger partial charge in [0.25, 0.3) is 0 Å². The molecule has 1 N–H and O–H groups in total. The Labute approximate surface area is 173 Å². The number of hydrogen-bond acceptors (Lipinski definition) is 4. The van der Waals surface area contributed by atoms with E-state index >= 15 is 0 Å². The largest absolute Gasteiger partial charge is 0.496 e. The summed E-state index contributed by atoms with van der Waals surface area (Å²) < 4.78 is 21.6. The van der Waals surface area contributed by atoms with E-state index in [2.05, 4.69) is 10.4 Å². The van der Waals surface area contributed by atoms with Crippen LogP contribution in [-0.4, -0.2) is 27.4 Å². The first-order valence-corrected chi connectivity index (χ1v) is 9.88. The smallest absolute Gasteiger partial charge is 0.346 e. The molecule has 8 heteroatoms. The molecule has 0 saturated heterocycles. The molecule has 0 saturated carbocycles. The SMILES string of the molecule is COc1ccccc1CNC(=O)C1CCCn2c1nn(Cc1cccc(F)c1)c2=O. The van der Waals surface area contributed by atoms with Crippen molar-refractivity contribution in [3.05, 3.63) is 81.8 Å². The van der Waals surface area contributed by atoms with Gasteiger partial charge in [-0.3, -0.25) is 9.36 Å². The molecule has 1 amide bonds. The number of methoxy groups -OCH3 is 1. The van der Waals surface area contributed by atoms with Gasteiger partial charge in [0, 0.05) is 18.7 Å². The summed E-state index contributed by atoms with van der Waals surface area (Å²) in [5, 5.41) is 7.36. The molecular formula is C22H23FN4O3. The number of nitrogens with one attached hydrogen (secondary N) is 1. The van der Waals surface area contributed by atoms with Crippen molar-refractivity contribution in [1.29, 1.82) is 0 Å². The second-order valence-electron chi connectivity index (χ2n) is 7.30. The van der Waals surface area contributed by atoms with E-state index < -0.39 is 5.92 Å². The standard InChI is InChI=1S/C22H23FN4O3/c1-30-19-10-3-2-7-16(19)13-24-21(28)18-9-5-11-26-20(18)25-27(22(26)29)14-15-6-4-8-17(23)12-15/h2-4,6-8,10,12,18H,5,9,11,13-14H2,1H3,(H,24,28). The molecule has 156 valence electrons. The highest BCUT2D eigenvalue weighted by Crippen LogP contribution is 2.25. The summed E-state index contributed by atoms with van der Waals surface area (Å²) in [6, 6.07) is 13.6. The number of benzene rings is 2. The Balaban J connectivity index is 1.53. The van der Waals surface area contributed by atoms with Crippen LogP contribution in [0, 0.1) is 5.82 Å². The summed E-state index contributed by atoms with van der Waals surface area (Å²) in [5.74, 6) is 0.121. The molecule has 1 unspecified atom stereocenters. The predicted octanol–water partition coefficient (Wildman–Crippen LogP) is 2.43. The van der Waals surface area contributed by atoms with Crippen LogP contribution in [0.5, 0.6) is 5.75 Å². The number of carbonyl (C=O) groups excluding carboxylic acids is 1. The first-order valence-electron chi connectivity index (χ1n) is 9.88. The third-order valence-corrected chi connectivity index (χ3v) is 5.32. The maximum atomic E-state index is 13.5. The Morgan fingerprint density at radius 3 is 2.90 bits per heavy atom. The fourth-order valence-corrected chi connectivity index (χ4v) is 3.82. The summed E-state index contributed by atoms with van der Waals surface area (Å²) >= 11 is 0. The van der Waals surface area contributed by atoms with Gasteiger partial charge in [-0.2, -0.15) is 5.10 Å². The minimum Gasteiger partial charge on any atom is -0.496 e. The lowest BCUT2D eigenvalue weighted by Gasteiger charge is -2.21. The first kappa shape index (κ1) is 19.9. The minimum atomic E-state index is -0.505. The van der Waals surface area contributed by atoms with Gasteiger partial charge in [-0.05, 0) is 36.6 Å². The van der Waals surface area contributed by atoms with Gasteiger partial charge in [0.05, 0.1) is 19.6 Å². The molecule has 4 rings (SSSR count). The Bertz CT molecular complexity index is 1120. The average Bonchev–Trinajstić information content (AvgIpc) is 3.07. The lowest BCUT2D eigenvalue weighted by Crippen LogP contribution is -2.35. The van der Waals surface area contributed by atoms with Crippen molar-refractivity contribution in [2.45, 2.75) is 38.4 Å². The molecule has 1 atom stereocenters. The topological polar surface area (TPSA) is 78.2 Å². The molecule has 7 nitrogen and oxygen atoms in total. The number of rotatable bonds is 6. The summed E-state index contributed by atoms with van der Waals surface area (Å²) in [5.41, 5.74) is 1.24. The van der Waals surface area contributed by atoms with E-state index in [0.717, 1.165) is 5.56 Å². The molecule has 0 spiro atoms. The van der Waals surface area contributed by atoms with E-state index in [1.807, 2.05) is 24.3 Å². The van der Waals surface area contributed by atoms with Crippen molar-refractivity contribution in [3.8, 4) is 5.75 Å². The van der Waals surface area contributed by atoms with Gasteiger partial charge in [0.15, 0.2) is 0 Å². The predicted molar refractivity (Wildman–Crippen MR) is 109 cm³/mol. The Kier molecular flexibility index (Phi) is 5.65. The molecule has 2 aromatic carbocycles. The second kappa shape index (κ2) is 8.52. The molecule has 2 heterocycles. The molecule has 0 bridgehead atoms. The molecule has 1 aliphatic heterocycles. The molecule has 0 fully saturated rings. The van der Waals surface area contributed by atoms with Gasteiger partial charge in [-0.15, -0.1) is 0 Å². The normalized spacial score (nSPS) is 15.5. The van der Waals surface area contributed by atoms with Crippen LogP contribution in [-0.2, 0) is 24.4 Å². The zero-order valence-corrected chi connectivity index (χ0v) is 16.7. The number of carbonyl (C=O) groups is 1. The summed E-state index contributed by atoms with van der Waals surface area (Å²) in [6.45, 7) is 1.01. The minimum absolute atomic E-state index is 0.159. The molecule has 0 aliphatic carbocycles. The fourth-order valence-electron chi connectivity index (χ4n) is 3.82. The monoisotopic (exact) mass is 410 g/mol. The van der Waals surface area contributed by atoms with Crippen LogP contribution in [0.2, 0.25) is 0 Å². The lowest BCUT2D eigenvalue weighted by atomic mass is 9.98. The molecule has 30 heavy (non-hydrogen) atoms. The summed E-state index contributed by atoms with van der Waals surface area (Å²) in [7, 11) is 1.59. The number of halogens is 1. The van der Waals surface area contributed by atoms with E-state index in [-0.39, 0.29) is 24.0 Å². The molecule has 3 aromatic rings. The Morgan fingerprint density at radius 1 is 1.27 bits per heavy atom.